The number of benzene rings is 1. The monoisotopic (exact) mass is 263 g/mol. The zero-order valence-corrected chi connectivity index (χ0v) is 11.1. The van der Waals surface area contributed by atoms with E-state index in [1.807, 2.05) is 24.3 Å². The third-order valence-electron chi connectivity index (χ3n) is 2.82. The predicted molar refractivity (Wildman–Crippen MR) is 71.7 cm³/mol. The van der Waals surface area contributed by atoms with Crippen molar-refractivity contribution in [3.63, 3.8) is 0 Å². The molecule has 1 heterocycles. The maximum Gasteiger partial charge on any atom is 0.100 e. The number of hydrogen-bond acceptors (Lipinski definition) is 4. The Morgan fingerprint density at radius 1 is 1.44 bits per heavy atom. The number of rotatable bonds is 6. The van der Waals surface area contributed by atoms with Gasteiger partial charge in [-0.25, -0.2) is 0 Å². The fourth-order valence-electron chi connectivity index (χ4n) is 1.89. The summed E-state index contributed by atoms with van der Waals surface area (Å²) in [5.41, 5.74) is 0.738. The minimum atomic E-state index is 0.293. The summed E-state index contributed by atoms with van der Waals surface area (Å²) in [6.07, 6.45) is 2.56. The highest BCUT2D eigenvalue weighted by molar-refractivity contribution is 7.99. The first-order chi connectivity index (χ1) is 8.90. The van der Waals surface area contributed by atoms with Crippen molar-refractivity contribution < 1.29 is 9.47 Å². The molecule has 1 aromatic carbocycles. The topological polar surface area (TPSA) is 42.2 Å². The lowest BCUT2D eigenvalue weighted by atomic mass is 10.2. The highest BCUT2D eigenvalue weighted by Gasteiger charge is 2.14. The average Bonchev–Trinajstić information content (AvgIpc) is 2.92. The quantitative estimate of drug-likeness (QED) is 0.584. The van der Waals surface area contributed by atoms with Gasteiger partial charge in [0.25, 0.3) is 0 Å². The molecule has 1 aromatic rings. The number of hydrogen-bond donors (Lipinski definition) is 0. The standard InChI is InChI=1S/C14H17NO2S/c15-10-12-4-1-2-6-14(12)18-9-8-16-11-13-5-3-7-17-13/h1-2,4,6,13H,3,5,7-9,11H2/t13-/m1/s1. The minimum Gasteiger partial charge on any atom is -0.378 e. The van der Waals surface area contributed by atoms with Gasteiger partial charge < -0.3 is 9.47 Å². The van der Waals surface area contributed by atoms with Crippen LogP contribution in [-0.4, -0.2) is 31.7 Å². The average molecular weight is 263 g/mol. The van der Waals surface area contributed by atoms with Gasteiger partial charge >= 0.3 is 0 Å². The summed E-state index contributed by atoms with van der Waals surface area (Å²) in [6.45, 7) is 2.27. The van der Waals surface area contributed by atoms with Crippen LogP contribution in [0, 0.1) is 11.3 Å². The SMILES string of the molecule is N#Cc1ccccc1SCCOC[C@H]1CCCO1. The van der Waals surface area contributed by atoms with E-state index in [4.69, 9.17) is 14.7 Å². The Labute approximate surface area is 112 Å². The van der Waals surface area contributed by atoms with Gasteiger partial charge in [0.1, 0.15) is 6.07 Å². The van der Waals surface area contributed by atoms with Crippen molar-refractivity contribution in [2.45, 2.75) is 23.8 Å². The predicted octanol–water partition coefficient (Wildman–Crippen LogP) is 2.85. The van der Waals surface area contributed by atoms with Crippen LogP contribution < -0.4 is 0 Å². The number of nitriles is 1. The van der Waals surface area contributed by atoms with Crippen LogP contribution in [0.5, 0.6) is 0 Å². The van der Waals surface area contributed by atoms with Crippen LogP contribution in [0.3, 0.4) is 0 Å². The van der Waals surface area contributed by atoms with E-state index < -0.39 is 0 Å². The molecule has 1 fully saturated rings. The highest BCUT2D eigenvalue weighted by Crippen LogP contribution is 2.21. The van der Waals surface area contributed by atoms with Crippen LogP contribution in [0.25, 0.3) is 0 Å². The van der Waals surface area contributed by atoms with Crippen molar-refractivity contribution in [2.75, 3.05) is 25.6 Å². The lowest BCUT2D eigenvalue weighted by molar-refractivity contribution is 0.0226. The second-order valence-electron chi connectivity index (χ2n) is 4.17. The van der Waals surface area contributed by atoms with Crippen molar-refractivity contribution in [2.24, 2.45) is 0 Å². The van der Waals surface area contributed by atoms with Gasteiger partial charge in [-0.3, -0.25) is 0 Å². The van der Waals surface area contributed by atoms with E-state index in [1.165, 1.54) is 0 Å². The van der Waals surface area contributed by atoms with E-state index in [0.29, 0.717) is 19.3 Å². The molecule has 0 N–H and O–H groups in total. The Hall–Kier alpha value is -1.02. The van der Waals surface area contributed by atoms with Crippen LogP contribution in [0.2, 0.25) is 0 Å². The van der Waals surface area contributed by atoms with E-state index in [-0.39, 0.29) is 0 Å². The normalized spacial score (nSPS) is 18.7. The van der Waals surface area contributed by atoms with Crippen LogP contribution in [0.15, 0.2) is 29.2 Å². The first-order valence-corrected chi connectivity index (χ1v) is 7.20. The molecule has 0 aromatic heterocycles. The van der Waals surface area contributed by atoms with Gasteiger partial charge in [0.2, 0.25) is 0 Å². The molecule has 1 saturated heterocycles. The summed E-state index contributed by atoms with van der Waals surface area (Å²) in [5, 5.41) is 8.95. The van der Waals surface area contributed by atoms with Crippen LogP contribution >= 0.6 is 11.8 Å². The maximum atomic E-state index is 8.95. The molecule has 0 radical (unpaired) electrons. The molecule has 1 aliphatic heterocycles. The molecule has 3 nitrogen and oxygen atoms in total. The van der Waals surface area contributed by atoms with Crippen molar-refractivity contribution >= 4 is 11.8 Å². The summed E-state index contributed by atoms with van der Waals surface area (Å²) in [4.78, 5) is 1.03. The largest absolute Gasteiger partial charge is 0.378 e. The number of thioether (sulfide) groups is 1. The van der Waals surface area contributed by atoms with Crippen LogP contribution in [0.4, 0.5) is 0 Å². The molecule has 4 heteroatoms. The molecule has 0 unspecified atom stereocenters. The maximum absolute atomic E-state index is 8.95. The smallest absolute Gasteiger partial charge is 0.100 e. The Bertz CT molecular complexity index is 411. The van der Waals surface area contributed by atoms with E-state index in [2.05, 4.69) is 6.07 Å². The fraction of sp³-hybridized carbons (Fsp3) is 0.500. The van der Waals surface area contributed by atoms with Gasteiger partial charge in [-0.05, 0) is 25.0 Å². The second-order valence-corrected chi connectivity index (χ2v) is 5.30. The third kappa shape index (κ3) is 4.02. The van der Waals surface area contributed by atoms with Gasteiger partial charge in [0.05, 0.1) is 24.9 Å². The van der Waals surface area contributed by atoms with Gasteiger partial charge in [0.15, 0.2) is 0 Å². The van der Waals surface area contributed by atoms with Gasteiger partial charge in [-0.1, -0.05) is 12.1 Å². The molecule has 1 aliphatic rings. The van der Waals surface area contributed by atoms with Crippen molar-refractivity contribution in [3.8, 4) is 6.07 Å². The molecule has 0 amide bonds. The van der Waals surface area contributed by atoms with E-state index in [0.717, 1.165) is 35.7 Å². The molecule has 0 aliphatic carbocycles. The Balaban J connectivity index is 1.64. The summed E-state index contributed by atoms with van der Waals surface area (Å²) < 4.78 is 11.1. The molecule has 0 spiro atoms. The van der Waals surface area contributed by atoms with Gasteiger partial charge in [0, 0.05) is 17.3 Å². The molecule has 18 heavy (non-hydrogen) atoms. The molecule has 0 saturated carbocycles. The first-order valence-electron chi connectivity index (χ1n) is 6.21. The Morgan fingerprint density at radius 2 is 2.33 bits per heavy atom. The summed E-state index contributed by atoms with van der Waals surface area (Å²) in [6, 6.07) is 9.86. The number of nitrogens with zero attached hydrogens (tertiary/aromatic N) is 1. The second kappa shape index (κ2) is 7.42. The van der Waals surface area contributed by atoms with Crippen molar-refractivity contribution in [1.82, 2.24) is 0 Å². The number of ether oxygens (including phenoxy) is 2. The molecule has 0 bridgehead atoms. The molecule has 96 valence electrons. The molecule has 2 rings (SSSR count). The van der Waals surface area contributed by atoms with Crippen LogP contribution in [0.1, 0.15) is 18.4 Å². The fourth-order valence-corrected chi connectivity index (χ4v) is 2.75. The summed E-state index contributed by atoms with van der Waals surface area (Å²) in [7, 11) is 0. The zero-order valence-electron chi connectivity index (χ0n) is 10.3. The van der Waals surface area contributed by atoms with Crippen LogP contribution in [-0.2, 0) is 9.47 Å². The van der Waals surface area contributed by atoms with Crippen molar-refractivity contribution in [3.05, 3.63) is 29.8 Å². The molecule has 1 atom stereocenters. The lowest BCUT2D eigenvalue weighted by Gasteiger charge is -2.10. The molecular weight excluding hydrogens is 246 g/mol. The molecular formula is C14H17NO2S. The third-order valence-corrected chi connectivity index (χ3v) is 3.86. The summed E-state index contributed by atoms with van der Waals surface area (Å²) in [5.74, 6) is 0.866. The minimum absolute atomic E-state index is 0.293. The van der Waals surface area contributed by atoms with Gasteiger partial charge in [-0.15, -0.1) is 11.8 Å². The lowest BCUT2D eigenvalue weighted by Crippen LogP contribution is -2.15. The summed E-state index contributed by atoms with van der Waals surface area (Å²) >= 11 is 1.67. The Kier molecular flexibility index (Phi) is 5.53. The van der Waals surface area contributed by atoms with E-state index in [9.17, 15) is 0 Å². The first kappa shape index (κ1) is 13.4. The van der Waals surface area contributed by atoms with E-state index >= 15 is 0 Å². The highest BCUT2D eigenvalue weighted by atomic mass is 32.2. The zero-order chi connectivity index (χ0) is 12.6. The van der Waals surface area contributed by atoms with Crippen molar-refractivity contribution in [1.29, 1.82) is 5.26 Å². The van der Waals surface area contributed by atoms with Gasteiger partial charge in [-0.2, -0.15) is 5.26 Å². The Morgan fingerprint density at radius 3 is 3.11 bits per heavy atom. The van der Waals surface area contributed by atoms with E-state index in [1.54, 1.807) is 11.8 Å².